The van der Waals surface area contributed by atoms with Gasteiger partial charge in [-0.1, -0.05) is 12.1 Å². The zero-order valence-corrected chi connectivity index (χ0v) is 26.4. The minimum Gasteiger partial charge on any atom is -0.504 e. The average molecular weight is 685 g/mol. The Hall–Kier alpha value is -2.84. The zero-order valence-electron chi connectivity index (χ0n) is 26.4. The number of phenolic OH excluding ortho intramolecular Hbond substituents is 2. The van der Waals surface area contributed by atoms with Gasteiger partial charge in [-0.05, 0) is 47.7 Å². The van der Waals surface area contributed by atoms with Crippen molar-refractivity contribution in [2.75, 3.05) is 40.6 Å². The lowest BCUT2D eigenvalue weighted by Crippen LogP contribution is -2.64. The Morgan fingerprint density at radius 1 is 0.729 bits per heavy atom. The van der Waals surface area contributed by atoms with Crippen LogP contribution in [0.4, 0.5) is 0 Å². The smallest absolute Gasteiger partial charge is 0.187 e. The molecule has 0 radical (unpaired) electrons. The second-order valence-electron chi connectivity index (χ2n) is 12.2. The molecule has 5 rings (SSSR count). The first-order valence-corrected chi connectivity index (χ1v) is 15.6. The number of aliphatic hydroxyl groups is 7. The third-order valence-electron chi connectivity index (χ3n) is 9.18. The van der Waals surface area contributed by atoms with E-state index in [-0.39, 0.29) is 36.4 Å². The van der Waals surface area contributed by atoms with Crippen molar-refractivity contribution in [1.29, 1.82) is 0 Å². The summed E-state index contributed by atoms with van der Waals surface area (Å²) in [6.07, 6.45) is -16.0. The number of hydrogen-bond acceptors (Lipinski definition) is 16. The van der Waals surface area contributed by atoms with E-state index in [4.69, 9.17) is 33.2 Å². The Bertz CT molecular complexity index is 1340. The number of phenols is 2. The molecule has 2 aromatic rings. The summed E-state index contributed by atoms with van der Waals surface area (Å²) in [5, 5.41) is 92.4. The molecule has 3 heterocycles. The predicted molar refractivity (Wildman–Crippen MR) is 161 cm³/mol. The maximum atomic E-state index is 11.1. The molecule has 3 fully saturated rings. The van der Waals surface area contributed by atoms with Crippen molar-refractivity contribution in [3.63, 3.8) is 0 Å². The van der Waals surface area contributed by atoms with Crippen molar-refractivity contribution < 1.29 is 79.1 Å². The molecule has 16 nitrogen and oxygen atoms in total. The van der Waals surface area contributed by atoms with Crippen LogP contribution in [0.15, 0.2) is 36.4 Å². The van der Waals surface area contributed by atoms with Gasteiger partial charge in [-0.3, -0.25) is 0 Å². The van der Waals surface area contributed by atoms with Crippen LogP contribution < -0.4 is 9.47 Å². The lowest BCUT2D eigenvalue weighted by atomic mass is 9.84. The monoisotopic (exact) mass is 684 g/mol. The van der Waals surface area contributed by atoms with Gasteiger partial charge in [0, 0.05) is 5.92 Å². The van der Waals surface area contributed by atoms with E-state index in [0.717, 1.165) is 5.56 Å². The van der Waals surface area contributed by atoms with Crippen LogP contribution in [0.1, 0.15) is 17.2 Å². The highest BCUT2D eigenvalue weighted by Crippen LogP contribution is 2.43. The number of aliphatic hydroxyl groups excluding tert-OH is 7. The fourth-order valence-corrected chi connectivity index (χ4v) is 6.40. The van der Waals surface area contributed by atoms with Gasteiger partial charge in [0.15, 0.2) is 35.6 Å². The van der Waals surface area contributed by atoms with E-state index in [1.54, 1.807) is 24.3 Å². The number of hydrogen-bond donors (Lipinski definition) is 9. The normalized spacial score (nSPS) is 37.0. The first kappa shape index (κ1) is 36.4. The Kier molecular flexibility index (Phi) is 12.0. The van der Waals surface area contributed by atoms with Gasteiger partial charge in [0.05, 0.1) is 46.8 Å². The van der Waals surface area contributed by atoms with E-state index in [1.807, 2.05) is 0 Å². The summed E-state index contributed by atoms with van der Waals surface area (Å²) in [4.78, 5) is 0. The molecule has 3 aliphatic heterocycles. The van der Waals surface area contributed by atoms with Crippen LogP contribution in [0.2, 0.25) is 0 Å². The average Bonchev–Trinajstić information content (AvgIpc) is 3.49. The maximum Gasteiger partial charge on any atom is 0.187 e. The van der Waals surface area contributed by atoms with Crippen LogP contribution in [0.5, 0.6) is 23.0 Å². The molecule has 16 heteroatoms. The summed E-state index contributed by atoms with van der Waals surface area (Å²) in [6.45, 7) is -1.21. The van der Waals surface area contributed by atoms with Crippen molar-refractivity contribution in [2.24, 2.45) is 11.8 Å². The van der Waals surface area contributed by atoms with Gasteiger partial charge < -0.3 is 79.1 Å². The number of benzene rings is 2. The Morgan fingerprint density at radius 3 is 1.98 bits per heavy atom. The molecular formula is C32H44O16. The highest BCUT2D eigenvalue weighted by Gasteiger charge is 2.51. The molecule has 268 valence electrons. The molecule has 0 spiro atoms. The Balaban J connectivity index is 1.41. The molecule has 3 saturated heterocycles. The van der Waals surface area contributed by atoms with Crippen LogP contribution in [0, 0.1) is 11.8 Å². The third kappa shape index (κ3) is 7.50. The maximum absolute atomic E-state index is 11.1. The molecule has 0 amide bonds. The first-order chi connectivity index (χ1) is 23.0. The van der Waals surface area contributed by atoms with Crippen molar-refractivity contribution >= 4 is 0 Å². The predicted octanol–water partition coefficient (Wildman–Crippen LogP) is -1.70. The topological polar surface area (TPSA) is 247 Å². The van der Waals surface area contributed by atoms with Crippen LogP contribution in [0.25, 0.3) is 0 Å². The minimum atomic E-state index is -1.81. The lowest BCUT2D eigenvalue weighted by Gasteiger charge is -2.46. The SMILES string of the molecule is COc1cc(C[C@H]2CO[C@H](c3ccc(O)c(OC)c3)[C@H]2CO[C@@H]2O[C@H](CO)[C@@H](O)[C@H](O)[C@H]2O[C@@H]2O[C@H](CO)[C@@H](O)[C@H](O)[C@H]2O)ccc1O. The van der Waals surface area contributed by atoms with E-state index in [0.29, 0.717) is 17.7 Å². The number of aromatic hydroxyl groups is 2. The highest BCUT2D eigenvalue weighted by atomic mass is 16.8. The molecule has 9 N–H and O–H groups in total. The van der Waals surface area contributed by atoms with Crippen molar-refractivity contribution in [3.8, 4) is 23.0 Å². The molecule has 2 aromatic carbocycles. The molecule has 3 aliphatic rings. The summed E-state index contributed by atoms with van der Waals surface area (Å²) in [5.41, 5.74) is 1.51. The summed E-state index contributed by atoms with van der Waals surface area (Å²) < 4.78 is 40.1. The number of methoxy groups -OCH3 is 2. The zero-order chi connectivity index (χ0) is 34.7. The third-order valence-corrected chi connectivity index (χ3v) is 9.18. The van der Waals surface area contributed by atoms with Crippen LogP contribution in [0.3, 0.4) is 0 Å². The lowest BCUT2D eigenvalue weighted by molar-refractivity contribution is -0.368. The second kappa shape index (κ2) is 15.8. The second-order valence-corrected chi connectivity index (χ2v) is 12.2. The molecule has 0 unspecified atom stereocenters. The van der Waals surface area contributed by atoms with Crippen LogP contribution in [-0.4, -0.2) is 148 Å². The van der Waals surface area contributed by atoms with Gasteiger partial charge in [0.2, 0.25) is 0 Å². The van der Waals surface area contributed by atoms with E-state index < -0.39 is 86.6 Å². The quantitative estimate of drug-likeness (QED) is 0.121. The fourth-order valence-electron chi connectivity index (χ4n) is 6.40. The van der Waals surface area contributed by atoms with E-state index >= 15 is 0 Å². The van der Waals surface area contributed by atoms with Gasteiger partial charge in [-0.2, -0.15) is 0 Å². The van der Waals surface area contributed by atoms with Crippen molar-refractivity contribution in [2.45, 2.75) is 73.9 Å². The van der Waals surface area contributed by atoms with Gasteiger partial charge >= 0.3 is 0 Å². The number of rotatable bonds is 12. The molecule has 0 saturated carbocycles. The van der Waals surface area contributed by atoms with Gasteiger partial charge in [-0.25, -0.2) is 0 Å². The van der Waals surface area contributed by atoms with E-state index in [9.17, 15) is 46.0 Å². The number of ether oxygens (including phenoxy) is 7. The summed E-state index contributed by atoms with van der Waals surface area (Å²) in [7, 11) is 2.86. The first-order valence-electron chi connectivity index (χ1n) is 15.6. The summed E-state index contributed by atoms with van der Waals surface area (Å²) in [5.74, 6) is -0.156. The van der Waals surface area contributed by atoms with E-state index in [1.165, 1.54) is 26.4 Å². The van der Waals surface area contributed by atoms with Gasteiger partial charge in [0.25, 0.3) is 0 Å². The Labute approximate surface area is 276 Å². The highest BCUT2D eigenvalue weighted by molar-refractivity contribution is 5.43. The molecule has 48 heavy (non-hydrogen) atoms. The van der Waals surface area contributed by atoms with Crippen molar-refractivity contribution in [1.82, 2.24) is 0 Å². The Morgan fingerprint density at radius 2 is 1.33 bits per heavy atom. The molecule has 13 atom stereocenters. The summed E-state index contributed by atoms with van der Waals surface area (Å²) >= 11 is 0. The molecule has 0 aliphatic carbocycles. The molecule has 0 aromatic heterocycles. The fraction of sp³-hybridized carbons (Fsp3) is 0.625. The minimum absolute atomic E-state index is 0.0167. The molecular weight excluding hydrogens is 640 g/mol. The van der Waals surface area contributed by atoms with Crippen molar-refractivity contribution in [3.05, 3.63) is 47.5 Å². The molecule has 0 bridgehead atoms. The van der Waals surface area contributed by atoms with E-state index in [2.05, 4.69) is 0 Å². The standard InChI is InChI=1S/C32H44O16/c1-42-20-8-14(3-5-18(20)35)7-16-12-44-29(15-4-6-19(36)21(9-15)43-2)17(16)13-45-32-30(27(40)25(38)23(11-34)47-32)48-31-28(41)26(39)24(37)22(10-33)46-31/h3-6,8-9,16-17,22-41H,7,10-13H2,1-2H3/t16-,17-,22+,23+,24+,25+,26-,27-,28+,29+,30+,31-,32+/m0/s1. The van der Waals surface area contributed by atoms with Gasteiger partial charge in [-0.15, -0.1) is 0 Å². The van der Waals surface area contributed by atoms with Crippen LogP contribution >= 0.6 is 0 Å². The largest absolute Gasteiger partial charge is 0.504 e. The summed E-state index contributed by atoms with van der Waals surface area (Å²) in [6, 6.07) is 9.80. The van der Waals surface area contributed by atoms with Gasteiger partial charge in [0.1, 0.15) is 48.8 Å². The van der Waals surface area contributed by atoms with Crippen LogP contribution in [-0.2, 0) is 30.1 Å².